The van der Waals surface area contributed by atoms with Gasteiger partial charge in [0.05, 0.1) is 6.10 Å². The highest BCUT2D eigenvalue weighted by Crippen LogP contribution is 2.19. The van der Waals surface area contributed by atoms with E-state index < -0.39 is 0 Å². The summed E-state index contributed by atoms with van der Waals surface area (Å²) in [5.41, 5.74) is 1.35. The largest absolute Gasteiger partial charge is 0.378 e. The molecule has 1 N–H and O–H groups in total. The maximum Gasteiger partial charge on any atom is 0.0575 e. The Kier molecular flexibility index (Phi) is 6.97. The zero-order valence-corrected chi connectivity index (χ0v) is 11.9. The van der Waals surface area contributed by atoms with E-state index in [1.165, 1.54) is 44.1 Å². The van der Waals surface area contributed by atoms with E-state index in [1.807, 2.05) is 0 Å². The Balaban J connectivity index is 1.48. The lowest BCUT2D eigenvalue weighted by Crippen LogP contribution is -2.18. The minimum Gasteiger partial charge on any atom is -0.378 e. The van der Waals surface area contributed by atoms with Crippen LogP contribution in [0.5, 0.6) is 0 Å². The van der Waals surface area contributed by atoms with Gasteiger partial charge in [0.1, 0.15) is 0 Å². The normalized spacial score (nSPS) is 17.3. The molecule has 0 atom stereocenters. The highest BCUT2D eigenvalue weighted by molar-refractivity contribution is 5.14. The molecule has 0 aromatic heterocycles. The fraction of sp³-hybridized carbons (Fsp3) is 0.647. The molecule has 1 aromatic carbocycles. The van der Waals surface area contributed by atoms with Crippen LogP contribution < -0.4 is 5.32 Å². The van der Waals surface area contributed by atoms with Crippen molar-refractivity contribution < 1.29 is 4.74 Å². The molecule has 0 spiro atoms. The molecule has 1 saturated carbocycles. The lowest BCUT2D eigenvalue weighted by molar-refractivity contribution is 0.0419. The van der Waals surface area contributed by atoms with E-state index in [9.17, 15) is 0 Å². The zero-order valence-electron chi connectivity index (χ0n) is 11.9. The van der Waals surface area contributed by atoms with Crippen molar-refractivity contribution in [2.75, 3.05) is 13.2 Å². The van der Waals surface area contributed by atoms with Crippen molar-refractivity contribution >= 4 is 0 Å². The molecule has 0 bridgehead atoms. The van der Waals surface area contributed by atoms with Gasteiger partial charge in [-0.25, -0.2) is 0 Å². The molecule has 1 fully saturated rings. The standard InChI is InChI=1S/C17H27NO/c1-2-7-12-17(11-6-1)19-14-8-13-18-15-16-9-4-3-5-10-16/h3-5,9-10,17-18H,1-2,6-8,11-15H2. The van der Waals surface area contributed by atoms with E-state index in [0.717, 1.165) is 26.1 Å². The van der Waals surface area contributed by atoms with Gasteiger partial charge in [-0.05, 0) is 31.4 Å². The van der Waals surface area contributed by atoms with Gasteiger partial charge in [-0.2, -0.15) is 0 Å². The van der Waals surface area contributed by atoms with Crippen LogP contribution in [-0.2, 0) is 11.3 Å². The first-order chi connectivity index (χ1) is 9.45. The number of rotatable bonds is 7. The van der Waals surface area contributed by atoms with Crippen LogP contribution in [0.25, 0.3) is 0 Å². The number of nitrogens with one attached hydrogen (secondary N) is 1. The highest BCUT2D eigenvalue weighted by atomic mass is 16.5. The van der Waals surface area contributed by atoms with Crippen LogP contribution in [0.3, 0.4) is 0 Å². The molecule has 1 aliphatic carbocycles. The van der Waals surface area contributed by atoms with E-state index in [2.05, 4.69) is 35.6 Å². The van der Waals surface area contributed by atoms with E-state index in [1.54, 1.807) is 0 Å². The summed E-state index contributed by atoms with van der Waals surface area (Å²) in [6.07, 6.45) is 9.72. The van der Waals surface area contributed by atoms with Gasteiger partial charge in [0.15, 0.2) is 0 Å². The van der Waals surface area contributed by atoms with Crippen LogP contribution in [-0.4, -0.2) is 19.3 Å². The van der Waals surface area contributed by atoms with Crippen LogP contribution in [0.2, 0.25) is 0 Å². The third-order valence-corrected chi connectivity index (χ3v) is 3.83. The predicted octanol–water partition coefficient (Wildman–Crippen LogP) is 3.91. The average Bonchev–Trinajstić information content (AvgIpc) is 2.72. The Morgan fingerprint density at radius 3 is 2.47 bits per heavy atom. The molecular formula is C17H27NO. The molecule has 19 heavy (non-hydrogen) atoms. The number of hydrogen-bond acceptors (Lipinski definition) is 2. The van der Waals surface area contributed by atoms with Crippen LogP contribution >= 0.6 is 0 Å². The van der Waals surface area contributed by atoms with Crippen molar-refractivity contribution in [2.24, 2.45) is 0 Å². The van der Waals surface area contributed by atoms with Crippen molar-refractivity contribution in [1.82, 2.24) is 5.32 Å². The van der Waals surface area contributed by atoms with Crippen molar-refractivity contribution in [1.29, 1.82) is 0 Å². The second-order valence-electron chi connectivity index (χ2n) is 5.50. The molecule has 1 aromatic rings. The highest BCUT2D eigenvalue weighted by Gasteiger charge is 2.11. The summed E-state index contributed by atoms with van der Waals surface area (Å²) in [6.45, 7) is 2.92. The van der Waals surface area contributed by atoms with E-state index in [0.29, 0.717) is 6.10 Å². The Bertz CT molecular complexity index is 317. The molecule has 2 nitrogen and oxygen atoms in total. The van der Waals surface area contributed by atoms with Crippen LogP contribution in [0.4, 0.5) is 0 Å². The Morgan fingerprint density at radius 2 is 1.74 bits per heavy atom. The van der Waals surface area contributed by atoms with Gasteiger partial charge < -0.3 is 10.1 Å². The first-order valence-electron chi connectivity index (χ1n) is 7.81. The molecule has 2 rings (SSSR count). The maximum atomic E-state index is 5.98. The van der Waals surface area contributed by atoms with Crippen LogP contribution in [0, 0.1) is 0 Å². The predicted molar refractivity (Wildman–Crippen MR) is 80.2 cm³/mol. The molecular weight excluding hydrogens is 234 g/mol. The van der Waals surface area contributed by atoms with E-state index in [-0.39, 0.29) is 0 Å². The minimum atomic E-state index is 0.539. The lowest BCUT2D eigenvalue weighted by Gasteiger charge is -2.15. The molecule has 0 heterocycles. The summed E-state index contributed by atoms with van der Waals surface area (Å²) in [5.74, 6) is 0. The fourth-order valence-corrected chi connectivity index (χ4v) is 2.68. The number of hydrogen-bond donors (Lipinski definition) is 1. The van der Waals surface area contributed by atoms with Gasteiger partial charge in [-0.1, -0.05) is 56.0 Å². The second kappa shape index (κ2) is 9.11. The monoisotopic (exact) mass is 261 g/mol. The third-order valence-electron chi connectivity index (χ3n) is 3.83. The van der Waals surface area contributed by atoms with Crippen molar-refractivity contribution in [2.45, 2.75) is 57.6 Å². The molecule has 0 unspecified atom stereocenters. The molecule has 0 amide bonds. The van der Waals surface area contributed by atoms with Gasteiger partial charge in [-0.3, -0.25) is 0 Å². The summed E-state index contributed by atoms with van der Waals surface area (Å²) < 4.78 is 5.98. The number of benzene rings is 1. The van der Waals surface area contributed by atoms with Crippen LogP contribution in [0.15, 0.2) is 30.3 Å². The quantitative estimate of drug-likeness (QED) is 0.593. The molecule has 0 saturated heterocycles. The third kappa shape index (κ3) is 6.22. The van der Waals surface area contributed by atoms with Gasteiger partial charge in [0.25, 0.3) is 0 Å². The van der Waals surface area contributed by atoms with Gasteiger partial charge in [0.2, 0.25) is 0 Å². The Hall–Kier alpha value is -0.860. The molecule has 0 aliphatic heterocycles. The first-order valence-corrected chi connectivity index (χ1v) is 7.81. The molecule has 2 heteroatoms. The van der Waals surface area contributed by atoms with E-state index >= 15 is 0 Å². The average molecular weight is 261 g/mol. The Morgan fingerprint density at radius 1 is 1.00 bits per heavy atom. The van der Waals surface area contributed by atoms with Crippen molar-refractivity contribution in [3.8, 4) is 0 Å². The SMILES string of the molecule is c1ccc(CNCCCOC2CCCCCC2)cc1. The summed E-state index contributed by atoms with van der Waals surface area (Å²) >= 11 is 0. The second-order valence-corrected chi connectivity index (χ2v) is 5.50. The van der Waals surface area contributed by atoms with E-state index in [4.69, 9.17) is 4.74 Å². The first kappa shape index (κ1) is 14.5. The van der Waals surface area contributed by atoms with Gasteiger partial charge in [-0.15, -0.1) is 0 Å². The Labute approximate surface area is 117 Å². The van der Waals surface area contributed by atoms with Crippen LogP contribution in [0.1, 0.15) is 50.5 Å². The van der Waals surface area contributed by atoms with Gasteiger partial charge in [0, 0.05) is 13.2 Å². The summed E-state index contributed by atoms with van der Waals surface area (Å²) in [5, 5.41) is 3.47. The van der Waals surface area contributed by atoms with Gasteiger partial charge >= 0.3 is 0 Å². The molecule has 0 radical (unpaired) electrons. The lowest BCUT2D eigenvalue weighted by atomic mass is 10.1. The topological polar surface area (TPSA) is 21.3 Å². The number of ether oxygens (including phenoxy) is 1. The molecule has 1 aliphatic rings. The van der Waals surface area contributed by atoms with Crippen molar-refractivity contribution in [3.05, 3.63) is 35.9 Å². The minimum absolute atomic E-state index is 0.539. The molecule has 106 valence electrons. The summed E-state index contributed by atoms with van der Waals surface area (Å²) in [4.78, 5) is 0. The zero-order chi connectivity index (χ0) is 13.2. The van der Waals surface area contributed by atoms with Crippen molar-refractivity contribution in [3.63, 3.8) is 0 Å². The smallest absolute Gasteiger partial charge is 0.0575 e. The summed E-state index contributed by atoms with van der Waals surface area (Å²) in [7, 11) is 0. The maximum absolute atomic E-state index is 5.98. The summed E-state index contributed by atoms with van der Waals surface area (Å²) in [6, 6.07) is 10.6. The fourth-order valence-electron chi connectivity index (χ4n) is 2.68.